The van der Waals surface area contributed by atoms with Crippen LogP contribution in [0.15, 0.2) is 0 Å². The lowest BCUT2D eigenvalue weighted by Gasteiger charge is -1.99. The third-order valence-electron chi connectivity index (χ3n) is 0.483. The topological polar surface area (TPSA) is 0 Å². The zero-order valence-corrected chi connectivity index (χ0v) is 6.44. The molecule has 38 valence electrons. The number of hydrogen-bond donors (Lipinski definition) is 2. The van der Waals surface area contributed by atoms with Crippen molar-refractivity contribution < 1.29 is 0 Å². The molecule has 0 bridgehead atoms. The molecule has 0 aliphatic rings. The van der Waals surface area contributed by atoms with Crippen molar-refractivity contribution in [3.05, 3.63) is 0 Å². The molecule has 0 amide bonds. The molecule has 0 saturated heterocycles. The van der Waals surface area contributed by atoms with E-state index < -0.39 is 0 Å². The Morgan fingerprint density at radius 1 is 1.33 bits per heavy atom. The third kappa shape index (κ3) is 3.32. The van der Waals surface area contributed by atoms with Crippen molar-refractivity contribution in [1.82, 2.24) is 0 Å². The van der Waals surface area contributed by atoms with E-state index in [0.717, 1.165) is 11.0 Å². The normalized spacial score (nSPS) is 10.0. The predicted molar refractivity (Wildman–Crippen MR) is 40.6 cm³/mol. The highest BCUT2D eigenvalue weighted by molar-refractivity contribution is 7.95. The molecule has 0 rings (SSSR count). The van der Waals surface area contributed by atoms with Gasteiger partial charge in [0.25, 0.3) is 0 Å². The Kier molecular flexibility index (Phi) is 5.10. The zero-order valence-electron chi connectivity index (χ0n) is 3.76. The minimum atomic E-state index is 0.152. The van der Waals surface area contributed by atoms with Crippen LogP contribution in [-0.2, 0) is 0 Å². The van der Waals surface area contributed by atoms with Crippen LogP contribution in [0.3, 0.4) is 0 Å². The minimum absolute atomic E-state index is 0.152. The van der Waals surface area contributed by atoms with Crippen LogP contribution in [0.2, 0.25) is 0 Å². The summed E-state index contributed by atoms with van der Waals surface area (Å²) in [5.74, 6) is 0. The molecular formula is C3H9PS2. The lowest BCUT2D eigenvalue weighted by atomic mass is 11.8. The van der Waals surface area contributed by atoms with Gasteiger partial charge in [0, 0.05) is 11.0 Å². The second-order valence-corrected chi connectivity index (χ2v) is 5.11. The van der Waals surface area contributed by atoms with Gasteiger partial charge in [0.1, 0.15) is 0 Å². The molecule has 6 heavy (non-hydrogen) atoms. The molecule has 3 heteroatoms. The largest absolute Gasteiger partial charge is 0.175 e. The van der Waals surface area contributed by atoms with Gasteiger partial charge < -0.3 is 0 Å². The second kappa shape index (κ2) is 4.29. The smallest absolute Gasteiger partial charge is 0.0111 e. The van der Waals surface area contributed by atoms with Crippen molar-refractivity contribution in [2.45, 2.75) is 0 Å². The molecule has 0 aromatic rings. The number of hydrogen-bond acceptors (Lipinski definition) is 2. The van der Waals surface area contributed by atoms with Gasteiger partial charge in [-0.3, -0.25) is 0 Å². The molecule has 0 atom stereocenters. The minimum Gasteiger partial charge on any atom is -0.175 e. The molecule has 0 N–H and O–H groups in total. The number of rotatable bonds is 2. The van der Waals surface area contributed by atoms with Crippen LogP contribution in [0.5, 0.6) is 0 Å². The first kappa shape index (κ1) is 7.13. The highest BCUT2D eigenvalue weighted by atomic mass is 32.1. The summed E-state index contributed by atoms with van der Waals surface area (Å²) in [4.78, 5) is 0. The van der Waals surface area contributed by atoms with E-state index in [9.17, 15) is 0 Å². The molecule has 0 heterocycles. The molecular weight excluding hydrogens is 131 g/mol. The molecule has 0 aliphatic carbocycles. The maximum Gasteiger partial charge on any atom is 0.0111 e. The zero-order chi connectivity index (χ0) is 4.99. The molecule has 0 unspecified atom stereocenters. The van der Waals surface area contributed by atoms with Crippen molar-refractivity contribution in [2.75, 3.05) is 17.7 Å². The third-order valence-corrected chi connectivity index (χ3v) is 4.35. The Hall–Kier alpha value is 1.13. The van der Waals surface area contributed by atoms with E-state index in [1.54, 1.807) is 0 Å². The van der Waals surface area contributed by atoms with Crippen LogP contribution >= 0.6 is 33.2 Å². The fourth-order valence-electron chi connectivity index (χ4n) is 0.0447. The second-order valence-electron chi connectivity index (χ2n) is 1.14. The Labute approximate surface area is 51.3 Å². The van der Waals surface area contributed by atoms with Crippen LogP contribution in [-0.4, -0.2) is 17.7 Å². The van der Waals surface area contributed by atoms with E-state index in [-0.39, 0.29) is 7.92 Å². The van der Waals surface area contributed by atoms with E-state index in [1.807, 2.05) is 0 Å². The molecule has 0 saturated carbocycles. The van der Waals surface area contributed by atoms with E-state index >= 15 is 0 Å². The Morgan fingerprint density at radius 2 is 1.67 bits per heavy atom. The van der Waals surface area contributed by atoms with Gasteiger partial charge in [-0.05, 0) is 6.66 Å². The first-order chi connectivity index (χ1) is 2.81. The summed E-state index contributed by atoms with van der Waals surface area (Å²) < 4.78 is 0. The van der Waals surface area contributed by atoms with Crippen LogP contribution < -0.4 is 0 Å². The van der Waals surface area contributed by atoms with E-state index in [0.29, 0.717) is 0 Å². The van der Waals surface area contributed by atoms with Gasteiger partial charge in [-0.25, -0.2) is 0 Å². The summed E-state index contributed by atoms with van der Waals surface area (Å²) >= 11 is 8.15. The van der Waals surface area contributed by atoms with Crippen LogP contribution in [0.25, 0.3) is 0 Å². The van der Waals surface area contributed by atoms with Crippen molar-refractivity contribution in [3.63, 3.8) is 0 Å². The number of thiol groups is 2. The maximum absolute atomic E-state index is 4.08. The van der Waals surface area contributed by atoms with Gasteiger partial charge >= 0.3 is 0 Å². The van der Waals surface area contributed by atoms with Gasteiger partial charge in [0.2, 0.25) is 0 Å². The van der Waals surface area contributed by atoms with E-state index in [2.05, 4.69) is 31.9 Å². The maximum atomic E-state index is 4.08. The predicted octanol–water partition coefficient (Wildman–Crippen LogP) is 1.87. The summed E-state index contributed by atoms with van der Waals surface area (Å²) in [5.41, 5.74) is 2.03. The van der Waals surface area contributed by atoms with Crippen molar-refractivity contribution in [3.8, 4) is 0 Å². The molecule has 0 fully saturated rings. The summed E-state index contributed by atoms with van der Waals surface area (Å²) in [5, 5.41) is 0. The van der Waals surface area contributed by atoms with E-state index in [4.69, 9.17) is 0 Å². The summed E-state index contributed by atoms with van der Waals surface area (Å²) in [6.07, 6.45) is 0. The lowest BCUT2D eigenvalue weighted by Crippen LogP contribution is -1.69. The Bertz CT molecular complexity index is 28.0. The monoisotopic (exact) mass is 140 g/mol. The van der Waals surface area contributed by atoms with Gasteiger partial charge in [-0.1, -0.05) is 7.92 Å². The lowest BCUT2D eigenvalue weighted by molar-refractivity contribution is 2.01. The molecule has 0 aliphatic heterocycles. The average molecular weight is 140 g/mol. The van der Waals surface area contributed by atoms with Crippen LogP contribution in [0.1, 0.15) is 0 Å². The van der Waals surface area contributed by atoms with Crippen LogP contribution in [0, 0.1) is 0 Å². The average Bonchev–Trinajstić information content (AvgIpc) is 1.65. The van der Waals surface area contributed by atoms with Gasteiger partial charge in [-0.15, -0.1) is 0 Å². The quantitative estimate of drug-likeness (QED) is 0.424. The van der Waals surface area contributed by atoms with Gasteiger partial charge in [0.05, 0.1) is 0 Å². The van der Waals surface area contributed by atoms with Crippen molar-refractivity contribution in [2.24, 2.45) is 0 Å². The fourth-order valence-corrected chi connectivity index (χ4v) is 1.21. The standard InChI is InChI=1S/C3H9PS2/c1-4(2-5)3-6/h5-6H,2-3H2,1H3. The molecule has 0 spiro atoms. The molecule has 0 nitrogen and oxygen atoms in total. The summed E-state index contributed by atoms with van der Waals surface area (Å²) in [6, 6.07) is 0. The van der Waals surface area contributed by atoms with E-state index in [1.165, 1.54) is 0 Å². The Morgan fingerprint density at radius 3 is 1.67 bits per heavy atom. The highest BCUT2D eigenvalue weighted by Crippen LogP contribution is 2.31. The van der Waals surface area contributed by atoms with Crippen molar-refractivity contribution >= 4 is 33.2 Å². The molecule has 0 radical (unpaired) electrons. The van der Waals surface area contributed by atoms with Gasteiger partial charge in [-0.2, -0.15) is 25.3 Å². The highest BCUT2D eigenvalue weighted by Gasteiger charge is 1.88. The first-order valence-corrected chi connectivity index (χ1v) is 5.14. The van der Waals surface area contributed by atoms with Gasteiger partial charge in [0.15, 0.2) is 0 Å². The molecule has 0 aromatic carbocycles. The summed E-state index contributed by atoms with van der Waals surface area (Å²) in [7, 11) is 0.152. The SMILES string of the molecule is CP(CS)CS. The van der Waals surface area contributed by atoms with Crippen LogP contribution in [0.4, 0.5) is 0 Å². The summed E-state index contributed by atoms with van der Waals surface area (Å²) in [6.45, 7) is 2.19. The van der Waals surface area contributed by atoms with Crippen molar-refractivity contribution in [1.29, 1.82) is 0 Å². The molecule has 0 aromatic heterocycles. The Balaban J connectivity index is 2.75. The first-order valence-electron chi connectivity index (χ1n) is 1.71. The fraction of sp³-hybridized carbons (Fsp3) is 1.00.